The van der Waals surface area contributed by atoms with Gasteiger partial charge in [0.25, 0.3) is 10.0 Å². The Balaban J connectivity index is 1.48. The number of rotatable bonds is 8. The van der Waals surface area contributed by atoms with Crippen LogP contribution >= 0.6 is 0 Å². The van der Waals surface area contributed by atoms with E-state index in [-0.39, 0.29) is 11.1 Å². The molecule has 0 spiro atoms. The lowest BCUT2D eigenvalue weighted by Crippen LogP contribution is -2.34. The van der Waals surface area contributed by atoms with Gasteiger partial charge in [0.15, 0.2) is 0 Å². The lowest BCUT2D eigenvalue weighted by molar-refractivity contribution is 0.351. The first-order valence-corrected chi connectivity index (χ1v) is 9.41. The molecule has 0 unspecified atom stereocenters. The third-order valence-corrected chi connectivity index (χ3v) is 6.22. The first kappa shape index (κ1) is 13.8. The summed E-state index contributed by atoms with van der Waals surface area (Å²) in [5.41, 5.74) is 0. The highest BCUT2D eigenvalue weighted by Gasteiger charge is 2.42. The van der Waals surface area contributed by atoms with Crippen molar-refractivity contribution in [2.45, 2.75) is 62.2 Å². The molecule has 0 amide bonds. The minimum atomic E-state index is -3.46. The number of nitrogens with zero attached hydrogens (tertiary/aromatic N) is 1. The second-order valence-electron chi connectivity index (χ2n) is 6.63. The van der Waals surface area contributed by atoms with Crippen LogP contribution in [0.4, 0.5) is 0 Å². The zero-order valence-electron chi connectivity index (χ0n) is 12.1. The van der Waals surface area contributed by atoms with E-state index in [1.807, 2.05) is 0 Å². The standard InChI is InChI=1S/C15H22N2O3S/c18-21(19,17(13-5-6-13)10-11-1-2-11)15-8-7-14(20-15)9-16-12-3-4-12/h7-8,11-13,16H,1-6,9-10H2. The van der Waals surface area contributed by atoms with Gasteiger partial charge in [0, 0.05) is 18.6 Å². The normalized spacial score (nSPS) is 22.9. The maximum Gasteiger partial charge on any atom is 0.276 e. The molecule has 4 rings (SSSR count). The minimum Gasteiger partial charge on any atom is -0.447 e. The van der Waals surface area contributed by atoms with Crippen molar-refractivity contribution >= 4 is 10.0 Å². The van der Waals surface area contributed by atoms with E-state index in [4.69, 9.17) is 4.42 Å². The fraction of sp³-hybridized carbons (Fsp3) is 0.733. The van der Waals surface area contributed by atoms with Crippen LogP contribution in [0.2, 0.25) is 0 Å². The summed E-state index contributed by atoms with van der Waals surface area (Å²) in [6, 6.07) is 4.19. The molecular weight excluding hydrogens is 288 g/mol. The Morgan fingerprint density at radius 3 is 2.52 bits per heavy atom. The van der Waals surface area contributed by atoms with Gasteiger partial charge < -0.3 is 9.73 Å². The molecule has 1 aromatic heterocycles. The van der Waals surface area contributed by atoms with Crippen molar-refractivity contribution in [2.75, 3.05) is 6.54 Å². The number of furan rings is 1. The molecule has 21 heavy (non-hydrogen) atoms. The van der Waals surface area contributed by atoms with Crippen molar-refractivity contribution in [1.82, 2.24) is 9.62 Å². The molecule has 1 N–H and O–H groups in total. The molecule has 0 saturated heterocycles. The van der Waals surface area contributed by atoms with E-state index in [1.165, 1.54) is 12.8 Å². The smallest absolute Gasteiger partial charge is 0.276 e. The highest BCUT2D eigenvalue weighted by Crippen LogP contribution is 2.38. The van der Waals surface area contributed by atoms with Crippen LogP contribution < -0.4 is 5.32 Å². The monoisotopic (exact) mass is 310 g/mol. The molecule has 116 valence electrons. The third kappa shape index (κ3) is 3.17. The predicted molar refractivity (Wildman–Crippen MR) is 78.2 cm³/mol. The van der Waals surface area contributed by atoms with Crippen molar-refractivity contribution < 1.29 is 12.8 Å². The van der Waals surface area contributed by atoms with Crippen LogP contribution in [-0.4, -0.2) is 31.4 Å². The summed E-state index contributed by atoms with van der Waals surface area (Å²) < 4.78 is 32.8. The summed E-state index contributed by atoms with van der Waals surface area (Å²) in [6.07, 6.45) is 6.72. The summed E-state index contributed by atoms with van der Waals surface area (Å²) >= 11 is 0. The van der Waals surface area contributed by atoms with Crippen LogP contribution in [0.25, 0.3) is 0 Å². The molecule has 3 aliphatic rings. The van der Waals surface area contributed by atoms with Gasteiger partial charge >= 0.3 is 0 Å². The fourth-order valence-electron chi connectivity index (χ4n) is 2.60. The Kier molecular flexibility index (Phi) is 3.35. The van der Waals surface area contributed by atoms with Crippen molar-refractivity contribution in [1.29, 1.82) is 0 Å². The molecule has 0 atom stereocenters. The molecule has 0 bridgehead atoms. The van der Waals surface area contributed by atoms with E-state index in [0.717, 1.165) is 25.7 Å². The highest BCUT2D eigenvalue weighted by atomic mass is 32.2. The van der Waals surface area contributed by atoms with Crippen LogP contribution in [0, 0.1) is 5.92 Å². The second-order valence-corrected chi connectivity index (χ2v) is 8.45. The van der Waals surface area contributed by atoms with Gasteiger partial charge in [-0.3, -0.25) is 0 Å². The average Bonchev–Trinajstić information content (AvgIpc) is 3.30. The molecule has 0 radical (unpaired) electrons. The van der Waals surface area contributed by atoms with Crippen LogP contribution in [-0.2, 0) is 16.6 Å². The van der Waals surface area contributed by atoms with Gasteiger partial charge in [0.2, 0.25) is 5.09 Å². The van der Waals surface area contributed by atoms with Gasteiger partial charge in [-0.05, 0) is 56.6 Å². The van der Waals surface area contributed by atoms with Gasteiger partial charge in [-0.15, -0.1) is 0 Å². The van der Waals surface area contributed by atoms with Crippen molar-refractivity contribution in [3.8, 4) is 0 Å². The van der Waals surface area contributed by atoms with E-state index >= 15 is 0 Å². The molecule has 1 aromatic rings. The number of hydrogen-bond acceptors (Lipinski definition) is 4. The lowest BCUT2D eigenvalue weighted by atomic mass is 10.4. The number of nitrogens with one attached hydrogen (secondary N) is 1. The van der Waals surface area contributed by atoms with Crippen molar-refractivity contribution in [3.63, 3.8) is 0 Å². The molecule has 3 saturated carbocycles. The van der Waals surface area contributed by atoms with Gasteiger partial charge in [-0.2, -0.15) is 4.31 Å². The third-order valence-electron chi connectivity index (χ3n) is 4.43. The first-order valence-electron chi connectivity index (χ1n) is 7.97. The zero-order chi connectivity index (χ0) is 14.4. The van der Waals surface area contributed by atoms with Crippen LogP contribution in [0.3, 0.4) is 0 Å². The molecule has 6 heteroatoms. The summed E-state index contributed by atoms with van der Waals surface area (Å²) in [4.78, 5) is 0. The quantitative estimate of drug-likeness (QED) is 0.798. The Labute approximate surface area is 125 Å². The molecule has 5 nitrogen and oxygen atoms in total. The van der Waals surface area contributed by atoms with E-state index in [1.54, 1.807) is 16.4 Å². The maximum absolute atomic E-state index is 12.8. The summed E-state index contributed by atoms with van der Waals surface area (Å²) in [5.74, 6) is 1.27. The van der Waals surface area contributed by atoms with Gasteiger partial charge in [0.05, 0.1) is 6.54 Å². The second kappa shape index (κ2) is 5.11. The van der Waals surface area contributed by atoms with E-state index in [0.29, 0.717) is 30.8 Å². The van der Waals surface area contributed by atoms with E-state index in [2.05, 4.69) is 5.32 Å². The molecule has 1 heterocycles. The Bertz CT molecular complexity index is 613. The van der Waals surface area contributed by atoms with Crippen LogP contribution in [0.5, 0.6) is 0 Å². The fourth-order valence-corrected chi connectivity index (χ4v) is 4.29. The number of hydrogen-bond donors (Lipinski definition) is 1. The van der Waals surface area contributed by atoms with Crippen LogP contribution in [0.1, 0.15) is 44.3 Å². The predicted octanol–water partition coefficient (Wildman–Crippen LogP) is 2.09. The Morgan fingerprint density at radius 2 is 1.90 bits per heavy atom. The zero-order valence-corrected chi connectivity index (χ0v) is 12.9. The number of sulfonamides is 1. The van der Waals surface area contributed by atoms with Crippen molar-refractivity contribution in [3.05, 3.63) is 17.9 Å². The first-order chi connectivity index (χ1) is 10.1. The Morgan fingerprint density at radius 1 is 1.14 bits per heavy atom. The Hall–Kier alpha value is -0.850. The van der Waals surface area contributed by atoms with Crippen molar-refractivity contribution in [2.24, 2.45) is 5.92 Å². The molecule has 3 fully saturated rings. The summed E-state index contributed by atoms with van der Waals surface area (Å²) in [5, 5.41) is 3.46. The van der Waals surface area contributed by atoms with E-state index in [9.17, 15) is 8.42 Å². The molecule has 0 aromatic carbocycles. The molecule has 3 aliphatic carbocycles. The van der Waals surface area contributed by atoms with Gasteiger partial charge in [-0.25, -0.2) is 8.42 Å². The minimum absolute atomic E-state index is 0.114. The average molecular weight is 310 g/mol. The summed E-state index contributed by atoms with van der Waals surface area (Å²) in [6.45, 7) is 1.29. The SMILES string of the molecule is O=S(=O)(c1ccc(CNC2CC2)o1)N(CC1CC1)C1CC1. The highest BCUT2D eigenvalue weighted by molar-refractivity contribution is 7.89. The largest absolute Gasteiger partial charge is 0.447 e. The van der Waals surface area contributed by atoms with Gasteiger partial charge in [0.1, 0.15) is 5.76 Å². The summed E-state index contributed by atoms with van der Waals surface area (Å²) in [7, 11) is -3.46. The van der Waals surface area contributed by atoms with E-state index < -0.39 is 10.0 Å². The lowest BCUT2D eigenvalue weighted by Gasteiger charge is -2.20. The van der Waals surface area contributed by atoms with Gasteiger partial charge in [-0.1, -0.05) is 0 Å². The molecular formula is C15H22N2O3S. The maximum atomic E-state index is 12.8. The molecule has 0 aliphatic heterocycles. The topological polar surface area (TPSA) is 62.6 Å². The van der Waals surface area contributed by atoms with Crippen LogP contribution in [0.15, 0.2) is 21.6 Å².